The van der Waals surface area contributed by atoms with Gasteiger partial charge in [-0.2, -0.15) is 0 Å². The largest absolute Gasteiger partial charge is 0.501 e. The highest BCUT2D eigenvalue weighted by Gasteiger charge is 2.43. The zero-order valence-corrected chi connectivity index (χ0v) is 12.1. The van der Waals surface area contributed by atoms with Crippen molar-refractivity contribution in [1.82, 2.24) is 0 Å². The smallest absolute Gasteiger partial charge is 0.374 e. The van der Waals surface area contributed by atoms with Crippen molar-refractivity contribution in [3.8, 4) is 0 Å². The Morgan fingerprint density at radius 1 is 0.933 bits per heavy atom. The third-order valence-electron chi connectivity index (χ3n) is 1.75. The molecule has 15 heavy (non-hydrogen) atoms. The molecule has 0 saturated heterocycles. The lowest BCUT2D eigenvalue weighted by molar-refractivity contribution is -0.000563. The summed E-state index contributed by atoms with van der Waals surface area (Å²) in [5.41, 5.74) is -0.203. The first-order valence-electron chi connectivity index (χ1n) is 5.87. The molecule has 0 radical (unpaired) electrons. The number of hydrogen-bond acceptors (Lipinski definition) is 3. The molecule has 0 rings (SSSR count). The van der Waals surface area contributed by atoms with E-state index in [1.54, 1.807) is 0 Å². The molecule has 0 aromatic rings. The Balaban J connectivity index is 4.60. The normalized spacial score (nSPS) is 13.2. The van der Waals surface area contributed by atoms with Crippen LogP contribution in [0.15, 0.2) is 0 Å². The second-order valence-electron chi connectivity index (χ2n) is 4.51. The van der Waals surface area contributed by atoms with Crippen molar-refractivity contribution in [2.75, 3.05) is 13.2 Å². The van der Waals surface area contributed by atoms with Crippen LogP contribution in [0.2, 0.25) is 6.04 Å². The van der Waals surface area contributed by atoms with Crippen molar-refractivity contribution < 1.29 is 13.3 Å². The van der Waals surface area contributed by atoms with Gasteiger partial charge in [-0.15, -0.1) is 0 Å². The van der Waals surface area contributed by atoms with Gasteiger partial charge in [0.25, 0.3) is 0 Å². The molecule has 0 aliphatic rings. The SMILES string of the molecule is CCC[Si](OCC)(OCC)OC(C)(C)C. The van der Waals surface area contributed by atoms with Crippen molar-refractivity contribution in [3.63, 3.8) is 0 Å². The number of hydrogen-bond donors (Lipinski definition) is 0. The van der Waals surface area contributed by atoms with E-state index in [-0.39, 0.29) is 5.60 Å². The van der Waals surface area contributed by atoms with Crippen LogP contribution in [0.3, 0.4) is 0 Å². The molecule has 0 heterocycles. The van der Waals surface area contributed by atoms with Gasteiger partial charge in [0.05, 0.1) is 5.60 Å². The van der Waals surface area contributed by atoms with Gasteiger partial charge in [0.1, 0.15) is 0 Å². The highest BCUT2D eigenvalue weighted by Crippen LogP contribution is 2.24. The summed E-state index contributed by atoms with van der Waals surface area (Å²) in [4.78, 5) is 0. The average Bonchev–Trinajstić information content (AvgIpc) is 2.01. The molecule has 4 heteroatoms. The van der Waals surface area contributed by atoms with E-state index in [0.29, 0.717) is 13.2 Å². The molecule has 92 valence electrons. The Morgan fingerprint density at radius 3 is 1.67 bits per heavy atom. The van der Waals surface area contributed by atoms with E-state index in [1.807, 2.05) is 34.6 Å². The van der Waals surface area contributed by atoms with Crippen molar-refractivity contribution in [3.05, 3.63) is 0 Å². The molecule has 0 N–H and O–H groups in total. The third kappa shape index (κ3) is 6.30. The summed E-state index contributed by atoms with van der Waals surface area (Å²) in [5, 5.41) is 0. The molecule has 0 bridgehead atoms. The van der Waals surface area contributed by atoms with E-state index in [0.717, 1.165) is 12.5 Å². The van der Waals surface area contributed by atoms with Gasteiger partial charge in [0.15, 0.2) is 0 Å². The Labute approximate surface area is 95.5 Å². The summed E-state index contributed by atoms with van der Waals surface area (Å²) in [6.45, 7) is 13.6. The van der Waals surface area contributed by atoms with Crippen molar-refractivity contribution in [2.24, 2.45) is 0 Å². The first-order chi connectivity index (χ1) is 6.89. The molecule has 0 aliphatic heterocycles. The summed E-state index contributed by atoms with van der Waals surface area (Å²) in [5.74, 6) is 0. The van der Waals surface area contributed by atoms with Crippen molar-refractivity contribution >= 4 is 8.80 Å². The van der Waals surface area contributed by atoms with Crippen LogP contribution < -0.4 is 0 Å². The average molecular weight is 234 g/mol. The molecule has 0 fully saturated rings. The van der Waals surface area contributed by atoms with Gasteiger partial charge < -0.3 is 13.3 Å². The predicted octanol–water partition coefficient (Wildman–Crippen LogP) is 3.22. The molecular formula is C11H26O3Si. The van der Waals surface area contributed by atoms with Crippen LogP contribution in [0.1, 0.15) is 48.0 Å². The van der Waals surface area contributed by atoms with Gasteiger partial charge >= 0.3 is 8.80 Å². The molecule has 0 amide bonds. The molecule has 0 aromatic carbocycles. The molecule has 0 spiro atoms. The molecule has 0 aliphatic carbocycles. The van der Waals surface area contributed by atoms with Gasteiger partial charge in [-0.05, 0) is 34.6 Å². The maximum Gasteiger partial charge on any atom is 0.501 e. The third-order valence-corrected chi connectivity index (χ3v) is 5.24. The molecule has 0 aromatic heterocycles. The zero-order valence-electron chi connectivity index (χ0n) is 11.1. The summed E-state index contributed by atoms with van der Waals surface area (Å²) in [6.07, 6.45) is 1.03. The van der Waals surface area contributed by atoms with Crippen LogP contribution in [-0.4, -0.2) is 27.6 Å². The standard InChI is InChI=1S/C11H26O3Si/c1-7-10-15(12-8-2,13-9-3)14-11(4,5)6/h7-10H2,1-6H3. The van der Waals surface area contributed by atoms with Gasteiger partial charge in [0, 0.05) is 19.3 Å². The fourth-order valence-corrected chi connectivity index (χ4v) is 4.53. The Hall–Kier alpha value is 0.0969. The van der Waals surface area contributed by atoms with Gasteiger partial charge in [-0.1, -0.05) is 13.3 Å². The second kappa shape index (κ2) is 6.63. The molecule has 0 saturated carbocycles. The van der Waals surface area contributed by atoms with Crippen LogP contribution in [0, 0.1) is 0 Å². The van der Waals surface area contributed by atoms with Crippen LogP contribution in [0.4, 0.5) is 0 Å². The second-order valence-corrected chi connectivity index (χ2v) is 7.16. The Kier molecular flexibility index (Phi) is 6.67. The number of rotatable bonds is 7. The summed E-state index contributed by atoms with van der Waals surface area (Å²) < 4.78 is 17.6. The lowest BCUT2D eigenvalue weighted by atomic mass is 10.2. The quantitative estimate of drug-likeness (QED) is 0.633. The van der Waals surface area contributed by atoms with Crippen LogP contribution in [-0.2, 0) is 13.3 Å². The minimum atomic E-state index is -2.43. The molecule has 0 unspecified atom stereocenters. The topological polar surface area (TPSA) is 27.7 Å². The predicted molar refractivity (Wildman–Crippen MR) is 64.9 cm³/mol. The summed E-state index contributed by atoms with van der Waals surface area (Å²) in [7, 11) is -2.43. The Morgan fingerprint density at radius 2 is 1.40 bits per heavy atom. The van der Waals surface area contributed by atoms with E-state index in [4.69, 9.17) is 13.3 Å². The highest BCUT2D eigenvalue weighted by atomic mass is 28.4. The molecule has 0 atom stereocenters. The van der Waals surface area contributed by atoms with E-state index in [1.165, 1.54) is 0 Å². The lowest BCUT2D eigenvalue weighted by Gasteiger charge is -2.35. The lowest BCUT2D eigenvalue weighted by Crippen LogP contribution is -2.50. The monoisotopic (exact) mass is 234 g/mol. The highest BCUT2D eigenvalue weighted by molar-refractivity contribution is 6.60. The zero-order chi connectivity index (χ0) is 11.9. The van der Waals surface area contributed by atoms with Crippen LogP contribution >= 0.6 is 0 Å². The maximum absolute atomic E-state index is 6.04. The van der Waals surface area contributed by atoms with Gasteiger partial charge in [-0.3, -0.25) is 0 Å². The minimum Gasteiger partial charge on any atom is -0.374 e. The first-order valence-corrected chi connectivity index (χ1v) is 7.80. The molecular weight excluding hydrogens is 208 g/mol. The minimum absolute atomic E-state index is 0.203. The van der Waals surface area contributed by atoms with Crippen LogP contribution in [0.5, 0.6) is 0 Å². The fourth-order valence-electron chi connectivity index (χ4n) is 1.51. The van der Waals surface area contributed by atoms with E-state index >= 15 is 0 Å². The van der Waals surface area contributed by atoms with Crippen molar-refractivity contribution in [2.45, 2.75) is 59.6 Å². The van der Waals surface area contributed by atoms with E-state index in [2.05, 4.69) is 6.92 Å². The maximum atomic E-state index is 6.04. The summed E-state index contributed by atoms with van der Waals surface area (Å²) >= 11 is 0. The van der Waals surface area contributed by atoms with Crippen molar-refractivity contribution in [1.29, 1.82) is 0 Å². The van der Waals surface area contributed by atoms with Gasteiger partial charge in [-0.25, -0.2) is 0 Å². The first kappa shape index (κ1) is 15.1. The van der Waals surface area contributed by atoms with E-state index in [9.17, 15) is 0 Å². The molecule has 3 nitrogen and oxygen atoms in total. The Bertz CT molecular complexity index is 149. The van der Waals surface area contributed by atoms with Crippen LogP contribution in [0.25, 0.3) is 0 Å². The van der Waals surface area contributed by atoms with E-state index < -0.39 is 8.80 Å². The van der Waals surface area contributed by atoms with Gasteiger partial charge in [0.2, 0.25) is 0 Å². The summed E-state index contributed by atoms with van der Waals surface area (Å²) in [6, 6.07) is 0.895. The fraction of sp³-hybridized carbons (Fsp3) is 1.00.